The molecule has 3 N–H and O–H groups in total. The summed E-state index contributed by atoms with van der Waals surface area (Å²) >= 11 is 0. The molecule has 21 heavy (non-hydrogen) atoms. The van der Waals surface area contributed by atoms with E-state index in [0.29, 0.717) is 35.4 Å². The van der Waals surface area contributed by atoms with Crippen molar-refractivity contribution in [2.24, 2.45) is 0 Å². The number of carbonyl (C=O) groups is 1. The largest absolute Gasteiger partial charge is 0.383 e. The molecular weight excluding hydrogens is 264 g/mol. The number of carbonyl (C=O) groups excluding carboxylic acids is 1. The summed E-state index contributed by atoms with van der Waals surface area (Å²) in [7, 11) is 2.17. The Balaban J connectivity index is 0.000000433. The van der Waals surface area contributed by atoms with E-state index in [1.54, 1.807) is 6.07 Å². The number of hydrogen-bond acceptors (Lipinski definition) is 5. The number of aldehydes is 1. The van der Waals surface area contributed by atoms with E-state index < -0.39 is 0 Å². The first-order valence-electron chi connectivity index (χ1n) is 7.47. The number of anilines is 1. The van der Waals surface area contributed by atoms with E-state index in [1.807, 2.05) is 6.92 Å². The van der Waals surface area contributed by atoms with Crippen LogP contribution in [0.2, 0.25) is 0 Å². The van der Waals surface area contributed by atoms with Gasteiger partial charge in [0, 0.05) is 23.0 Å². The zero-order valence-corrected chi connectivity index (χ0v) is 13.6. The molecule has 0 atom stereocenters. The summed E-state index contributed by atoms with van der Waals surface area (Å²) in [5.74, 6) is 0.303. The number of pyridine rings is 1. The summed E-state index contributed by atoms with van der Waals surface area (Å²) in [6.45, 7) is 8.77. The number of nitrogens with zero attached hydrogens (tertiary/aromatic N) is 2. The molecule has 1 rings (SSSR count). The van der Waals surface area contributed by atoms with Gasteiger partial charge in [0.1, 0.15) is 5.82 Å². The van der Waals surface area contributed by atoms with Crippen LogP contribution >= 0.6 is 0 Å². The molecule has 118 valence electrons. The number of hydrogen-bond donors (Lipinski definition) is 2. The van der Waals surface area contributed by atoms with Crippen LogP contribution in [0.3, 0.4) is 0 Å². The summed E-state index contributed by atoms with van der Waals surface area (Å²) in [6, 6.07) is 1.58. The number of rotatable bonds is 7. The number of aromatic nitrogens is 1. The number of nitrogen functional groups attached to an aromatic ring is 1. The lowest BCUT2D eigenvalue weighted by Crippen LogP contribution is -2.19. The second-order valence-electron chi connectivity index (χ2n) is 4.95. The second-order valence-corrected chi connectivity index (χ2v) is 4.95. The standard InChI is InChI=1S/C9H11N3O.C7H17N/c1-2-8(10)7-3-6(5-13)4-12-9(7)11;1-4-6-8(3)7-5-2/h3-5,10H,2H2,1H3,(H2,11,12);4-7H2,1-3H3. The quantitative estimate of drug-likeness (QED) is 0.598. The molecule has 0 fully saturated rings. The minimum atomic E-state index is 0.303. The van der Waals surface area contributed by atoms with Gasteiger partial charge < -0.3 is 16.0 Å². The molecule has 0 amide bonds. The van der Waals surface area contributed by atoms with Crippen LogP contribution in [0.1, 0.15) is 56.0 Å². The lowest BCUT2D eigenvalue weighted by Gasteiger charge is -2.12. The lowest BCUT2D eigenvalue weighted by molar-refractivity contribution is 0.112. The molecule has 0 radical (unpaired) electrons. The highest BCUT2D eigenvalue weighted by atomic mass is 16.1. The molecule has 1 aromatic rings. The van der Waals surface area contributed by atoms with Crippen LogP contribution in [0.25, 0.3) is 0 Å². The van der Waals surface area contributed by atoms with Crippen LogP contribution in [0.5, 0.6) is 0 Å². The molecular formula is C16H28N4O. The Morgan fingerprint density at radius 1 is 1.33 bits per heavy atom. The minimum Gasteiger partial charge on any atom is -0.383 e. The fourth-order valence-electron chi connectivity index (χ4n) is 1.86. The van der Waals surface area contributed by atoms with E-state index in [-0.39, 0.29) is 0 Å². The molecule has 5 heteroatoms. The van der Waals surface area contributed by atoms with Crippen molar-refractivity contribution >= 4 is 17.8 Å². The lowest BCUT2D eigenvalue weighted by atomic mass is 10.1. The molecule has 0 aromatic carbocycles. The van der Waals surface area contributed by atoms with Gasteiger partial charge in [0.25, 0.3) is 0 Å². The molecule has 0 saturated heterocycles. The molecule has 0 aliphatic heterocycles. The third-order valence-corrected chi connectivity index (χ3v) is 2.97. The summed E-state index contributed by atoms with van der Waals surface area (Å²) in [5, 5.41) is 7.56. The smallest absolute Gasteiger partial charge is 0.151 e. The van der Waals surface area contributed by atoms with E-state index in [1.165, 1.54) is 32.1 Å². The van der Waals surface area contributed by atoms with Gasteiger partial charge in [0.15, 0.2) is 6.29 Å². The third kappa shape index (κ3) is 7.56. The summed E-state index contributed by atoms with van der Waals surface area (Å²) in [5.41, 5.74) is 6.94. The van der Waals surface area contributed by atoms with Crippen LogP contribution in [-0.2, 0) is 0 Å². The predicted molar refractivity (Wildman–Crippen MR) is 89.2 cm³/mol. The van der Waals surface area contributed by atoms with Crippen molar-refractivity contribution in [3.05, 3.63) is 23.4 Å². The monoisotopic (exact) mass is 292 g/mol. The van der Waals surface area contributed by atoms with Gasteiger partial charge in [-0.2, -0.15) is 0 Å². The number of nitrogens with one attached hydrogen (secondary N) is 1. The van der Waals surface area contributed by atoms with E-state index in [2.05, 4.69) is 30.8 Å². The van der Waals surface area contributed by atoms with Gasteiger partial charge in [-0.05, 0) is 45.5 Å². The summed E-state index contributed by atoms with van der Waals surface area (Å²) in [4.78, 5) is 16.6. The van der Waals surface area contributed by atoms with E-state index in [9.17, 15) is 4.79 Å². The zero-order chi connectivity index (χ0) is 16.3. The highest BCUT2D eigenvalue weighted by Crippen LogP contribution is 2.11. The molecule has 0 aliphatic rings. The van der Waals surface area contributed by atoms with Crippen molar-refractivity contribution < 1.29 is 4.79 Å². The molecule has 5 nitrogen and oxygen atoms in total. The molecule has 0 unspecified atom stereocenters. The average molecular weight is 292 g/mol. The fraction of sp³-hybridized carbons (Fsp3) is 0.562. The Kier molecular flexibility index (Phi) is 10.1. The predicted octanol–water partition coefficient (Wildman–Crippen LogP) is 2.99. The topological polar surface area (TPSA) is 83.1 Å². The first kappa shape index (κ1) is 19.2. The summed E-state index contributed by atoms with van der Waals surface area (Å²) < 4.78 is 0. The van der Waals surface area contributed by atoms with Gasteiger partial charge in [0.05, 0.1) is 0 Å². The van der Waals surface area contributed by atoms with Crippen LogP contribution < -0.4 is 5.73 Å². The molecule has 1 aromatic heterocycles. The Morgan fingerprint density at radius 2 is 1.90 bits per heavy atom. The van der Waals surface area contributed by atoms with Gasteiger partial charge in [0.2, 0.25) is 0 Å². The Bertz CT molecular complexity index is 440. The van der Waals surface area contributed by atoms with Gasteiger partial charge in [-0.25, -0.2) is 4.98 Å². The molecule has 0 saturated carbocycles. The van der Waals surface area contributed by atoms with E-state index in [0.717, 1.165) is 0 Å². The maximum atomic E-state index is 10.4. The van der Waals surface area contributed by atoms with Crippen molar-refractivity contribution in [3.8, 4) is 0 Å². The fourth-order valence-corrected chi connectivity index (χ4v) is 1.86. The van der Waals surface area contributed by atoms with Crippen molar-refractivity contribution in [1.82, 2.24) is 9.88 Å². The van der Waals surface area contributed by atoms with Crippen LogP contribution in [-0.4, -0.2) is 42.0 Å². The van der Waals surface area contributed by atoms with Crippen molar-refractivity contribution in [3.63, 3.8) is 0 Å². The first-order valence-corrected chi connectivity index (χ1v) is 7.47. The molecule has 0 bridgehead atoms. The van der Waals surface area contributed by atoms with Crippen LogP contribution in [0.4, 0.5) is 5.82 Å². The molecule has 1 heterocycles. The zero-order valence-electron chi connectivity index (χ0n) is 13.6. The van der Waals surface area contributed by atoms with E-state index in [4.69, 9.17) is 11.1 Å². The van der Waals surface area contributed by atoms with Gasteiger partial charge >= 0.3 is 0 Å². The van der Waals surface area contributed by atoms with Gasteiger partial charge in [-0.1, -0.05) is 20.8 Å². The third-order valence-electron chi connectivity index (χ3n) is 2.97. The van der Waals surface area contributed by atoms with Crippen molar-refractivity contribution in [1.29, 1.82) is 5.41 Å². The minimum absolute atomic E-state index is 0.303. The summed E-state index contributed by atoms with van der Waals surface area (Å²) in [6.07, 6.45) is 5.22. The normalized spacial score (nSPS) is 9.95. The van der Waals surface area contributed by atoms with Gasteiger partial charge in [-0.15, -0.1) is 0 Å². The van der Waals surface area contributed by atoms with Gasteiger partial charge in [-0.3, -0.25) is 4.79 Å². The number of nitrogens with two attached hydrogens (primary N) is 1. The maximum Gasteiger partial charge on any atom is 0.151 e. The Morgan fingerprint density at radius 3 is 2.33 bits per heavy atom. The van der Waals surface area contributed by atoms with Crippen LogP contribution in [0, 0.1) is 5.41 Å². The average Bonchev–Trinajstić information content (AvgIpc) is 2.48. The van der Waals surface area contributed by atoms with Crippen LogP contribution in [0.15, 0.2) is 12.3 Å². The van der Waals surface area contributed by atoms with Crippen molar-refractivity contribution in [2.75, 3.05) is 25.9 Å². The molecule has 0 spiro atoms. The Labute approximate surface area is 128 Å². The Hall–Kier alpha value is -1.75. The van der Waals surface area contributed by atoms with Crippen molar-refractivity contribution in [2.45, 2.75) is 40.0 Å². The molecule has 0 aliphatic carbocycles. The SMILES string of the molecule is CCC(=N)c1cc(C=O)cnc1N.CCCN(C)CCC. The maximum absolute atomic E-state index is 10.4. The first-order chi connectivity index (χ1) is 9.99. The highest BCUT2D eigenvalue weighted by molar-refractivity contribution is 6.02. The highest BCUT2D eigenvalue weighted by Gasteiger charge is 2.05. The van der Waals surface area contributed by atoms with E-state index >= 15 is 0 Å². The second kappa shape index (κ2) is 11.0.